The number of ketones is 1. The maximum absolute atomic E-state index is 10.3. The third-order valence-electron chi connectivity index (χ3n) is 0.612. The average molecular weight is 172 g/mol. The topological polar surface area (TPSA) is 43.4 Å². The van der Waals surface area contributed by atoms with Gasteiger partial charge in [0.2, 0.25) is 5.78 Å². The van der Waals surface area contributed by atoms with Gasteiger partial charge in [-0.15, -0.1) is 0 Å². The van der Waals surface area contributed by atoms with E-state index in [4.69, 9.17) is 0 Å². The van der Waals surface area contributed by atoms with Crippen LogP contribution in [-0.2, 0) is 14.3 Å². The zero-order valence-corrected chi connectivity index (χ0v) is 5.98. The van der Waals surface area contributed by atoms with Crippen molar-refractivity contribution in [3.05, 3.63) is 0 Å². The molecule has 0 aromatic carbocycles. The van der Waals surface area contributed by atoms with Gasteiger partial charge in [0.25, 0.3) is 0 Å². The fraction of sp³-hybridized carbons (Fsp3) is 0.600. The molecule has 0 bridgehead atoms. The molecule has 0 saturated carbocycles. The summed E-state index contributed by atoms with van der Waals surface area (Å²) < 4.78 is 4.39. The Morgan fingerprint density at radius 3 is 2.30 bits per heavy atom. The molecular weight excluding hydrogens is 163 g/mol. The van der Waals surface area contributed by atoms with Gasteiger partial charge in [-0.3, -0.25) is 4.79 Å². The third-order valence-corrected chi connectivity index (χ3v) is 0.794. The van der Waals surface area contributed by atoms with Crippen molar-refractivity contribution in [3.63, 3.8) is 0 Å². The number of esters is 1. The number of hydrogen-bond donors (Lipinski definition) is 1. The molecule has 0 radical (unpaired) electrons. The van der Waals surface area contributed by atoms with Gasteiger partial charge >= 0.3 is 35.5 Å². The van der Waals surface area contributed by atoms with Crippen molar-refractivity contribution in [1.82, 2.24) is 0 Å². The van der Waals surface area contributed by atoms with Crippen LogP contribution in [0.15, 0.2) is 0 Å². The van der Waals surface area contributed by atoms with Crippen molar-refractivity contribution in [2.24, 2.45) is 0 Å². The van der Waals surface area contributed by atoms with Crippen molar-refractivity contribution in [2.45, 2.75) is 6.92 Å². The number of thiol groups is 1. The van der Waals surface area contributed by atoms with Gasteiger partial charge in [0.05, 0.1) is 0 Å². The van der Waals surface area contributed by atoms with E-state index in [1.807, 2.05) is 0 Å². The van der Waals surface area contributed by atoms with E-state index in [9.17, 15) is 9.59 Å². The summed E-state index contributed by atoms with van der Waals surface area (Å²) in [7, 11) is 0. The summed E-state index contributed by atoms with van der Waals surface area (Å²) in [6.45, 7) is 1.36. The van der Waals surface area contributed by atoms with E-state index < -0.39 is 11.8 Å². The van der Waals surface area contributed by atoms with Gasteiger partial charge < -0.3 is 4.74 Å². The maximum atomic E-state index is 10.3. The third kappa shape index (κ3) is 6.61. The molecule has 0 saturated heterocycles. The molecule has 54 valence electrons. The predicted octanol–water partition coefficient (Wildman–Crippen LogP) is -0.600. The Morgan fingerprint density at radius 2 is 2.00 bits per heavy atom. The zero-order valence-electron chi connectivity index (χ0n) is 5.09. The van der Waals surface area contributed by atoms with E-state index >= 15 is 0 Å². The predicted molar refractivity (Wildman–Crippen MR) is 42.6 cm³/mol. The van der Waals surface area contributed by atoms with E-state index in [2.05, 4.69) is 17.4 Å². The van der Waals surface area contributed by atoms with Crippen molar-refractivity contribution < 1.29 is 14.3 Å². The van der Waals surface area contributed by atoms with Crippen LogP contribution >= 0.6 is 12.6 Å². The zero-order chi connectivity index (χ0) is 7.28. The van der Waals surface area contributed by atoms with Crippen LogP contribution in [0.1, 0.15) is 6.92 Å². The number of carbonyl (C=O) groups is 2. The first-order valence-corrected chi connectivity index (χ1v) is 3.10. The Hall–Kier alpha value is 0.490. The van der Waals surface area contributed by atoms with E-state index in [0.29, 0.717) is 5.75 Å². The van der Waals surface area contributed by atoms with E-state index in [1.165, 1.54) is 6.92 Å². The fourth-order valence-corrected chi connectivity index (χ4v) is 0.331. The van der Waals surface area contributed by atoms with Gasteiger partial charge in [-0.1, -0.05) is 0 Å². The molecule has 10 heavy (non-hydrogen) atoms. The summed E-state index contributed by atoms with van der Waals surface area (Å²) >= 11 is 3.78. The number of rotatable bonds is 3. The van der Waals surface area contributed by atoms with Crippen LogP contribution in [0.25, 0.3) is 0 Å². The van der Waals surface area contributed by atoms with Gasteiger partial charge in [0.15, 0.2) is 0 Å². The van der Waals surface area contributed by atoms with Crippen LogP contribution in [0.2, 0.25) is 0 Å². The summed E-state index contributed by atoms with van der Waals surface area (Å²) in [6.07, 6.45) is 0. The van der Waals surface area contributed by atoms with Gasteiger partial charge in [-0.25, -0.2) is 4.79 Å². The minimum absolute atomic E-state index is 0. The molecule has 3 nitrogen and oxygen atoms in total. The SMILES string of the molecule is CC(=O)C(=O)OCCS.[NaH]. The van der Waals surface area contributed by atoms with E-state index in [0.717, 1.165) is 0 Å². The molecule has 0 fully saturated rings. The van der Waals surface area contributed by atoms with Gasteiger partial charge in [-0.2, -0.15) is 12.6 Å². The molecule has 0 rings (SSSR count). The Bertz CT molecular complexity index is 126. The molecular formula is C5H9NaO3S. The number of carbonyl (C=O) groups excluding carboxylic acids is 2. The fourth-order valence-electron chi connectivity index (χ4n) is 0.240. The summed E-state index contributed by atoms with van der Waals surface area (Å²) in [4.78, 5) is 20.4. The second-order valence-corrected chi connectivity index (χ2v) is 1.86. The summed E-state index contributed by atoms with van der Waals surface area (Å²) in [5.74, 6) is -0.917. The van der Waals surface area contributed by atoms with Crippen LogP contribution in [0, 0.1) is 0 Å². The molecule has 0 aliphatic heterocycles. The molecule has 0 N–H and O–H groups in total. The van der Waals surface area contributed by atoms with Crippen molar-refractivity contribution in [1.29, 1.82) is 0 Å². The molecule has 0 heterocycles. The molecule has 0 aromatic heterocycles. The average Bonchev–Trinajstić information content (AvgIpc) is 1.82. The molecule has 5 heteroatoms. The summed E-state index contributed by atoms with van der Waals surface area (Å²) in [5, 5.41) is 0. The Morgan fingerprint density at radius 1 is 1.50 bits per heavy atom. The first-order chi connectivity index (χ1) is 4.18. The Balaban J connectivity index is 0. The van der Waals surface area contributed by atoms with Gasteiger partial charge in [0, 0.05) is 12.7 Å². The summed E-state index contributed by atoms with van der Waals surface area (Å²) in [5.41, 5.74) is 0. The Labute approximate surface area is 87.2 Å². The van der Waals surface area contributed by atoms with Crippen molar-refractivity contribution in [3.8, 4) is 0 Å². The first kappa shape index (κ1) is 13.1. The summed E-state index contributed by atoms with van der Waals surface area (Å²) in [6, 6.07) is 0. The second-order valence-electron chi connectivity index (χ2n) is 1.42. The van der Waals surface area contributed by atoms with Gasteiger partial charge in [0.1, 0.15) is 6.61 Å². The normalized spacial score (nSPS) is 7.80. The first-order valence-electron chi connectivity index (χ1n) is 2.47. The quantitative estimate of drug-likeness (QED) is 0.267. The minimum atomic E-state index is -0.788. The van der Waals surface area contributed by atoms with Crippen LogP contribution in [-0.4, -0.2) is 53.7 Å². The van der Waals surface area contributed by atoms with E-state index in [1.54, 1.807) is 0 Å². The molecule has 0 amide bonds. The Kier molecular flexibility index (Phi) is 9.96. The molecule has 0 unspecified atom stereocenters. The molecule has 0 spiro atoms. The second kappa shape index (κ2) is 7.60. The van der Waals surface area contributed by atoms with Crippen molar-refractivity contribution in [2.75, 3.05) is 12.4 Å². The van der Waals surface area contributed by atoms with E-state index in [-0.39, 0.29) is 36.2 Å². The number of Topliss-reactive ketones (excluding diaryl/α,β-unsaturated/α-hetero) is 1. The standard InChI is InChI=1S/C5H8O3S.Na.H/c1-4(6)5(7)8-2-3-9;;/h9H,2-3H2,1H3;;. The van der Waals surface area contributed by atoms with Gasteiger partial charge in [-0.05, 0) is 0 Å². The van der Waals surface area contributed by atoms with Crippen LogP contribution in [0.4, 0.5) is 0 Å². The number of ether oxygens (including phenoxy) is 1. The molecule has 0 aliphatic carbocycles. The van der Waals surface area contributed by atoms with Crippen LogP contribution in [0.5, 0.6) is 0 Å². The molecule has 0 atom stereocenters. The molecule has 0 aromatic rings. The monoisotopic (exact) mass is 172 g/mol. The number of hydrogen-bond acceptors (Lipinski definition) is 4. The van der Waals surface area contributed by atoms with Crippen LogP contribution < -0.4 is 0 Å². The van der Waals surface area contributed by atoms with Crippen LogP contribution in [0.3, 0.4) is 0 Å². The van der Waals surface area contributed by atoms with Crippen molar-refractivity contribution >= 4 is 53.9 Å². The molecule has 0 aliphatic rings.